The molecule has 0 saturated heterocycles. The first-order valence-corrected chi connectivity index (χ1v) is 11.1. The van der Waals surface area contributed by atoms with Crippen molar-refractivity contribution in [2.75, 3.05) is 25.2 Å². The highest BCUT2D eigenvalue weighted by molar-refractivity contribution is 7.80. The fraction of sp³-hybridized carbons (Fsp3) is 0.478. The molecule has 0 fully saturated rings. The predicted molar refractivity (Wildman–Crippen MR) is 131 cm³/mol. The number of esters is 1. The van der Waals surface area contributed by atoms with Gasteiger partial charge in [0.05, 0.1) is 30.0 Å². The third-order valence-corrected chi connectivity index (χ3v) is 5.95. The number of hydrogen-bond acceptors (Lipinski definition) is 6. The van der Waals surface area contributed by atoms with Crippen LogP contribution in [0.4, 0.5) is 5.69 Å². The van der Waals surface area contributed by atoms with Crippen molar-refractivity contribution in [1.29, 1.82) is 0 Å². The van der Waals surface area contributed by atoms with Crippen LogP contribution in [0.25, 0.3) is 0 Å². The van der Waals surface area contributed by atoms with Crippen LogP contribution >= 0.6 is 12.2 Å². The molecule has 0 saturated carbocycles. The number of hydrogen-bond donors (Lipinski definition) is 2. The summed E-state index contributed by atoms with van der Waals surface area (Å²) < 4.78 is 4.78. The quantitative estimate of drug-likeness (QED) is 0.267. The Morgan fingerprint density at radius 2 is 1.94 bits per heavy atom. The number of nitrogens with one attached hydrogen (secondary N) is 2. The van der Waals surface area contributed by atoms with E-state index in [9.17, 15) is 9.59 Å². The smallest absolute Gasteiger partial charge is 0.308 e. The number of thiocarbonyl (C=S) groups is 1. The van der Waals surface area contributed by atoms with E-state index in [0.717, 1.165) is 16.8 Å². The van der Waals surface area contributed by atoms with Crippen LogP contribution in [0, 0.1) is 19.8 Å². The van der Waals surface area contributed by atoms with Gasteiger partial charge in [-0.15, -0.1) is 0 Å². The van der Waals surface area contributed by atoms with Crippen LogP contribution in [0.15, 0.2) is 34.6 Å². The van der Waals surface area contributed by atoms with E-state index in [0.29, 0.717) is 41.6 Å². The van der Waals surface area contributed by atoms with Crippen molar-refractivity contribution >= 4 is 40.6 Å². The van der Waals surface area contributed by atoms with Crippen molar-refractivity contribution < 1.29 is 14.3 Å². The Morgan fingerprint density at radius 3 is 2.53 bits per heavy atom. The Labute approximate surface area is 195 Å². The van der Waals surface area contributed by atoms with Gasteiger partial charge in [0.15, 0.2) is 5.11 Å². The molecule has 9 heteroatoms. The molecule has 0 aromatic heterocycles. The monoisotopic (exact) mass is 459 g/mol. The summed E-state index contributed by atoms with van der Waals surface area (Å²) in [6.45, 7) is 12.8. The third-order valence-electron chi connectivity index (χ3n) is 5.59. The molecule has 32 heavy (non-hydrogen) atoms. The molecule has 1 aliphatic rings. The second-order valence-electron chi connectivity index (χ2n) is 7.92. The van der Waals surface area contributed by atoms with Crippen molar-refractivity contribution in [3.63, 3.8) is 0 Å². The fourth-order valence-corrected chi connectivity index (χ4v) is 3.60. The van der Waals surface area contributed by atoms with E-state index in [-0.39, 0.29) is 17.8 Å². The maximum Gasteiger partial charge on any atom is 0.308 e. The van der Waals surface area contributed by atoms with Gasteiger partial charge in [0.25, 0.3) is 5.91 Å². The van der Waals surface area contributed by atoms with Crippen molar-refractivity contribution in [2.24, 2.45) is 11.0 Å². The second kappa shape index (κ2) is 11.1. The van der Waals surface area contributed by atoms with Crippen LogP contribution < -0.4 is 15.9 Å². The van der Waals surface area contributed by atoms with E-state index in [1.165, 1.54) is 12.1 Å². The van der Waals surface area contributed by atoms with Crippen molar-refractivity contribution in [3.05, 3.63) is 40.6 Å². The molecule has 8 nitrogen and oxygen atoms in total. The SMILES string of the molecule is CCN(CCC(C)C(=O)OC)C(=S)NN/C(C)=C1\C(=O)N(c2ccc(C)c(C)c2)N=C1C. The van der Waals surface area contributed by atoms with Gasteiger partial charge in [0.2, 0.25) is 0 Å². The summed E-state index contributed by atoms with van der Waals surface area (Å²) in [5.74, 6) is -0.635. The van der Waals surface area contributed by atoms with Crippen LogP contribution in [0.2, 0.25) is 0 Å². The molecule has 1 heterocycles. The molecule has 1 atom stereocenters. The first-order chi connectivity index (χ1) is 15.1. The minimum atomic E-state index is -0.235. The Kier molecular flexibility index (Phi) is 8.77. The van der Waals surface area contributed by atoms with Gasteiger partial charge in [0.1, 0.15) is 0 Å². The molecular weight excluding hydrogens is 426 g/mol. The van der Waals surface area contributed by atoms with Crippen molar-refractivity contribution in [3.8, 4) is 0 Å². The topological polar surface area (TPSA) is 86.3 Å². The lowest BCUT2D eigenvalue weighted by Crippen LogP contribution is -2.47. The Bertz CT molecular complexity index is 957. The van der Waals surface area contributed by atoms with Crippen LogP contribution in [0.5, 0.6) is 0 Å². The van der Waals surface area contributed by atoms with Gasteiger partial charge in [-0.05, 0) is 76.5 Å². The molecule has 0 bridgehead atoms. The normalized spacial score (nSPS) is 15.8. The van der Waals surface area contributed by atoms with Crippen molar-refractivity contribution in [1.82, 2.24) is 15.8 Å². The maximum absolute atomic E-state index is 13.1. The number of nitrogens with zero attached hydrogens (tertiary/aromatic N) is 3. The minimum Gasteiger partial charge on any atom is -0.469 e. The van der Waals surface area contributed by atoms with E-state index in [1.54, 1.807) is 6.92 Å². The van der Waals surface area contributed by atoms with E-state index in [4.69, 9.17) is 17.0 Å². The number of rotatable bonds is 8. The average Bonchev–Trinajstić information content (AvgIpc) is 3.07. The number of benzene rings is 1. The summed E-state index contributed by atoms with van der Waals surface area (Å²) in [5, 5.41) is 6.36. The molecule has 0 radical (unpaired) electrons. The number of carbonyl (C=O) groups is 2. The zero-order valence-corrected chi connectivity index (χ0v) is 20.7. The molecule has 0 spiro atoms. The summed E-state index contributed by atoms with van der Waals surface area (Å²) in [5.41, 5.74) is 10.8. The molecule has 1 unspecified atom stereocenters. The van der Waals surface area contributed by atoms with Gasteiger partial charge in [-0.25, -0.2) is 0 Å². The third kappa shape index (κ3) is 5.85. The van der Waals surface area contributed by atoms with E-state index < -0.39 is 0 Å². The summed E-state index contributed by atoms with van der Waals surface area (Å²) in [4.78, 5) is 26.6. The van der Waals surface area contributed by atoms with Gasteiger partial charge < -0.3 is 15.1 Å². The molecule has 2 N–H and O–H groups in total. The van der Waals surface area contributed by atoms with Crippen LogP contribution in [-0.2, 0) is 14.3 Å². The molecule has 2 rings (SSSR count). The molecule has 1 amide bonds. The lowest BCUT2D eigenvalue weighted by atomic mass is 10.1. The van der Waals surface area contributed by atoms with E-state index in [1.807, 2.05) is 57.7 Å². The Morgan fingerprint density at radius 1 is 1.25 bits per heavy atom. The number of allylic oxidation sites excluding steroid dienone is 1. The summed E-state index contributed by atoms with van der Waals surface area (Å²) >= 11 is 5.49. The summed E-state index contributed by atoms with van der Waals surface area (Å²) in [7, 11) is 1.39. The van der Waals surface area contributed by atoms with Crippen LogP contribution in [-0.4, -0.2) is 47.8 Å². The lowest BCUT2D eigenvalue weighted by Gasteiger charge is -2.26. The molecule has 0 aliphatic carbocycles. The van der Waals surface area contributed by atoms with Crippen LogP contribution in [0.1, 0.15) is 45.2 Å². The van der Waals surface area contributed by atoms with Gasteiger partial charge in [-0.1, -0.05) is 13.0 Å². The van der Waals surface area contributed by atoms with E-state index in [2.05, 4.69) is 16.0 Å². The lowest BCUT2D eigenvalue weighted by molar-refractivity contribution is -0.145. The van der Waals surface area contributed by atoms with Gasteiger partial charge in [-0.3, -0.25) is 15.0 Å². The second-order valence-corrected chi connectivity index (χ2v) is 8.31. The number of methoxy groups -OCH3 is 1. The van der Waals surface area contributed by atoms with Crippen LogP contribution in [0.3, 0.4) is 0 Å². The molecular formula is C23H33N5O3S. The highest BCUT2D eigenvalue weighted by atomic mass is 32.1. The fourth-order valence-electron chi connectivity index (χ4n) is 3.33. The zero-order chi connectivity index (χ0) is 24.0. The molecule has 1 aliphatic heterocycles. The van der Waals surface area contributed by atoms with Gasteiger partial charge >= 0.3 is 5.97 Å². The standard InChI is InChI=1S/C23H33N5O3S/c1-8-27(12-11-15(3)22(30)31-7)23(32)25-24-17(5)20-18(6)26-28(21(20)29)19-10-9-14(2)16(4)13-19/h9-10,13,15,24H,8,11-12H2,1-7H3,(H,25,32)/b20-17-. The zero-order valence-electron chi connectivity index (χ0n) is 19.9. The molecule has 1 aromatic rings. The number of carbonyl (C=O) groups excluding carboxylic acids is 2. The summed E-state index contributed by atoms with van der Waals surface area (Å²) in [6, 6.07) is 5.83. The maximum atomic E-state index is 13.1. The van der Waals surface area contributed by atoms with Gasteiger partial charge in [0, 0.05) is 18.8 Å². The number of anilines is 1. The minimum absolute atomic E-state index is 0.192. The van der Waals surface area contributed by atoms with E-state index >= 15 is 0 Å². The van der Waals surface area contributed by atoms with Gasteiger partial charge in [-0.2, -0.15) is 10.1 Å². The number of ether oxygens (including phenoxy) is 1. The molecule has 1 aromatic carbocycles. The number of aryl methyl sites for hydroxylation is 2. The Hall–Kier alpha value is -2.94. The predicted octanol–water partition coefficient (Wildman–Crippen LogP) is 3.20. The Balaban J connectivity index is 2.04. The first kappa shape index (κ1) is 25.3. The number of amides is 1. The highest BCUT2D eigenvalue weighted by Crippen LogP contribution is 2.26. The van der Waals surface area contributed by atoms with Crippen molar-refractivity contribution in [2.45, 2.75) is 48.0 Å². The average molecular weight is 460 g/mol. The number of hydrazine groups is 1. The largest absolute Gasteiger partial charge is 0.469 e. The first-order valence-electron chi connectivity index (χ1n) is 10.7. The highest BCUT2D eigenvalue weighted by Gasteiger charge is 2.31. The molecule has 174 valence electrons. The number of hydrazone groups is 1. The summed E-state index contributed by atoms with van der Waals surface area (Å²) in [6.07, 6.45) is 0.623.